The number of aliphatic hydroxyl groups is 1. The monoisotopic (exact) mass is 369 g/mol. The molecule has 1 N–H and O–H groups in total. The highest BCUT2D eigenvalue weighted by Crippen LogP contribution is 2.37. The van der Waals surface area contributed by atoms with Crippen LogP contribution in [0.4, 0.5) is 0 Å². The molecule has 0 atom stereocenters. The number of aromatic nitrogens is 1. The zero-order chi connectivity index (χ0) is 17.7. The summed E-state index contributed by atoms with van der Waals surface area (Å²) >= 11 is 6.01. The van der Waals surface area contributed by atoms with Crippen LogP contribution in [0.3, 0.4) is 0 Å². The van der Waals surface area contributed by atoms with E-state index in [0.717, 1.165) is 16.3 Å². The number of fused-ring (bicyclic) bond motifs is 1. The molecule has 2 aromatic rings. The average Bonchev–Trinajstić information content (AvgIpc) is 2.38. The van der Waals surface area contributed by atoms with Crippen molar-refractivity contribution >= 4 is 32.2 Å². The Morgan fingerprint density at radius 3 is 2.54 bits per heavy atom. The molecule has 0 unspecified atom stereocenters. The van der Waals surface area contributed by atoms with Gasteiger partial charge in [0.1, 0.15) is 17.0 Å². The van der Waals surface area contributed by atoms with Crippen molar-refractivity contribution in [1.82, 2.24) is 4.98 Å². The molecular weight excluding hydrogens is 350 g/mol. The Balaban J connectivity index is 1.93. The van der Waals surface area contributed by atoms with Gasteiger partial charge in [-0.25, -0.2) is 13.4 Å². The van der Waals surface area contributed by atoms with E-state index in [1.165, 1.54) is 6.26 Å². The van der Waals surface area contributed by atoms with Gasteiger partial charge in [0.05, 0.1) is 10.9 Å². The number of pyridine rings is 1. The number of halogens is 1. The topological polar surface area (TPSA) is 76.5 Å². The van der Waals surface area contributed by atoms with Crippen LogP contribution in [0.15, 0.2) is 24.4 Å². The molecule has 1 heterocycles. The molecule has 0 aliphatic heterocycles. The first-order valence-electron chi connectivity index (χ1n) is 7.72. The van der Waals surface area contributed by atoms with Crippen LogP contribution in [0, 0.1) is 0 Å². The first-order chi connectivity index (χ1) is 11.1. The molecule has 1 aromatic heterocycles. The van der Waals surface area contributed by atoms with Gasteiger partial charge in [0.2, 0.25) is 0 Å². The zero-order valence-corrected chi connectivity index (χ0v) is 15.4. The van der Waals surface area contributed by atoms with E-state index >= 15 is 0 Å². The van der Waals surface area contributed by atoms with E-state index in [0.29, 0.717) is 23.7 Å². The first-order valence-corrected chi connectivity index (χ1v) is 10.1. The summed E-state index contributed by atoms with van der Waals surface area (Å²) < 4.78 is 29.0. The van der Waals surface area contributed by atoms with E-state index in [-0.39, 0.29) is 11.4 Å². The molecule has 1 aromatic carbocycles. The maximum atomic E-state index is 11.5. The van der Waals surface area contributed by atoms with Gasteiger partial charge in [-0.15, -0.1) is 0 Å². The number of nitrogens with zero attached hydrogens (tertiary/aromatic N) is 1. The van der Waals surface area contributed by atoms with Crippen LogP contribution in [0.2, 0.25) is 5.15 Å². The maximum Gasteiger partial charge on any atom is 0.150 e. The number of sulfone groups is 1. The highest BCUT2D eigenvalue weighted by Gasteiger charge is 2.38. The molecule has 3 rings (SSSR count). The number of hydrogen-bond acceptors (Lipinski definition) is 5. The smallest absolute Gasteiger partial charge is 0.150 e. The van der Waals surface area contributed by atoms with Crippen molar-refractivity contribution in [2.75, 3.05) is 6.26 Å². The van der Waals surface area contributed by atoms with Gasteiger partial charge in [-0.05, 0) is 36.9 Å². The van der Waals surface area contributed by atoms with Crippen LogP contribution < -0.4 is 4.74 Å². The van der Waals surface area contributed by atoms with Gasteiger partial charge in [0.15, 0.2) is 9.84 Å². The van der Waals surface area contributed by atoms with Crippen LogP contribution >= 0.6 is 11.6 Å². The van der Waals surface area contributed by atoms with E-state index in [1.54, 1.807) is 38.2 Å². The second-order valence-corrected chi connectivity index (χ2v) is 9.60. The lowest BCUT2D eigenvalue weighted by Crippen LogP contribution is -2.42. The molecule has 130 valence electrons. The van der Waals surface area contributed by atoms with Gasteiger partial charge >= 0.3 is 0 Å². The second kappa shape index (κ2) is 5.86. The van der Waals surface area contributed by atoms with Crippen molar-refractivity contribution in [3.8, 4) is 5.75 Å². The minimum absolute atomic E-state index is 0.128. The van der Waals surface area contributed by atoms with Gasteiger partial charge in [-0.3, -0.25) is 0 Å². The van der Waals surface area contributed by atoms with Gasteiger partial charge in [0.25, 0.3) is 0 Å². The SMILES string of the molecule is CC(C)(O)c1ccc(O[C@H]2C[C@@H](S(C)(=O)=O)C2)c2cnc(Cl)cc12. The Labute approximate surface area is 146 Å². The van der Waals surface area contributed by atoms with Gasteiger partial charge in [-0.2, -0.15) is 0 Å². The van der Waals surface area contributed by atoms with Crippen molar-refractivity contribution in [2.45, 2.75) is 43.6 Å². The minimum atomic E-state index is -3.01. The summed E-state index contributed by atoms with van der Waals surface area (Å²) in [6, 6.07) is 5.30. The van der Waals surface area contributed by atoms with Gasteiger partial charge in [-0.1, -0.05) is 17.7 Å². The summed E-state index contributed by atoms with van der Waals surface area (Å²) in [6.45, 7) is 3.42. The Kier molecular flexibility index (Phi) is 4.26. The van der Waals surface area contributed by atoms with E-state index < -0.39 is 15.4 Å². The largest absolute Gasteiger partial charge is 0.490 e. The van der Waals surface area contributed by atoms with Crippen molar-refractivity contribution in [1.29, 1.82) is 0 Å². The highest BCUT2D eigenvalue weighted by atomic mass is 35.5. The number of ether oxygens (including phenoxy) is 1. The fourth-order valence-electron chi connectivity index (χ4n) is 2.97. The molecule has 0 radical (unpaired) electrons. The normalized spacial score (nSPS) is 21.5. The van der Waals surface area contributed by atoms with Crippen LogP contribution in [-0.2, 0) is 15.4 Å². The Morgan fingerprint density at radius 2 is 1.96 bits per heavy atom. The van der Waals surface area contributed by atoms with Gasteiger partial charge in [0, 0.05) is 30.7 Å². The molecule has 0 saturated heterocycles. The van der Waals surface area contributed by atoms with Crippen molar-refractivity contribution in [3.63, 3.8) is 0 Å². The minimum Gasteiger partial charge on any atom is -0.490 e. The van der Waals surface area contributed by atoms with E-state index in [1.807, 2.05) is 0 Å². The average molecular weight is 370 g/mol. The van der Waals surface area contributed by atoms with Crippen LogP contribution in [0.1, 0.15) is 32.3 Å². The zero-order valence-electron chi connectivity index (χ0n) is 13.8. The second-order valence-electron chi connectivity index (χ2n) is 6.89. The van der Waals surface area contributed by atoms with E-state index in [2.05, 4.69) is 4.98 Å². The third kappa shape index (κ3) is 3.36. The lowest BCUT2D eigenvalue weighted by molar-refractivity contribution is 0.0800. The van der Waals surface area contributed by atoms with Crippen LogP contribution in [-0.4, -0.2) is 36.1 Å². The quantitative estimate of drug-likeness (QED) is 0.838. The summed E-state index contributed by atoms with van der Waals surface area (Å²) in [6.07, 6.45) is 3.74. The predicted octanol–water partition coefficient (Wildman–Crippen LogP) is 3.07. The third-order valence-electron chi connectivity index (χ3n) is 4.44. The Hall–Kier alpha value is -1.37. The summed E-state index contributed by atoms with van der Waals surface area (Å²) in [7, 11) is -3.01. The Morgan fingerprint density at radius 1 is 1.29 bits per heavy atom. The standard InChI is InChI=1S/C17H20ClNO4S/c1-17(2,20)14-4-5-15(13-9-19-16(18)8-12(13)14)23-10-6-11(7-10)24(3,21)22/h4-5,8-11,20H,6-7H2,1-3H3/t10-,11+. The summed E-state index contributed by atoms with van der Waals surface area (Å²) in [5.41, 5.74) is -0.295. The maximum absolute atomic E-state index is 11.5. The molecule has 0 bridgehead atoms. The first kappa shape index (κ1) is 17.5. The molecule has 1 aliphatic rings. The molecule has 24 heavy (non-hydrogen) atoms. The molecule has 1 aliphatic carbocycles. The summed E-state index contributed by atoms with van der Waals surface area (Å²) in [4.78, 5) is 4.10. The molecule has 7 heteroatoms. The molecular formula is C17H20ClNO4S. The third-order valence-corrected chi connectivity index (χ3v) is 6.24. The molecule has 5 nitrogen and oxygen atoms in total. The van der Waals surface area contributed by atoms with Crippen LogP contribution in [0.25, 0.3) is 10.8 Å². The van der Waals surface area contributed by atoms with Crippen molar-refractivity contribution < 1.29 is 18.3 Å². The molecule has 1 saturated carbocycles. The summed E-state index contributed by atoms with van der Waals surface area (Å²) in [5, 5.41) is 11.9. The van der Waals surface area contributed by atoms with E-state index in [9.17, 15) is 13.5 Å². The highest BCUT2D eigenvalue weighted by molar-refractivity contribution is 7.91. The molecule has 1 fully saturated rings. The molecule has 0 amide bonds. The Bertz CT molecular complexity index is 883. The number of benzene rings is 1. The summed E-state index contributed by atoms with van der Waals surface area (Å²) in [5.74, 6) is 0.624. The lowest BCUT2D eigenvalue weighted by Gasteiger charge is -2.34. The predicted molar refractivity (Wildman–Crippen MR) is 94.3 cm³/mol. The number of hydrogen-bond donors (Lipinski definition) is 1. The van der Waals surface area contributed by atoms with Crippen LogP contribution in [0.5, 0.6) is 5.75 Å². The van der Waals surface area contributed by atoms with Crippen molar-refractivity contribution in [3.05, 3.63) is 35.1 Å². The fraction of sp³-hybridized carbons (Fsp3) is 0.471. The van der Waals surface area contributed by atoms with Crippen molar-refractivity contribution in [2.24, 2.45) is 0 Å². The van der Waals surface area contributed by atoms with E-state index in [4.69, 9.17) is 16.3 Å². The fourth-order valence-corrected chi connectivity index (χ4v) is 4.25. The van der Waals surface area contributed by atoms with Gasteiger partial charge < -0.3 is 9.84 Å². The number of rotatable bonds is 4. The lowest BCUT2D eigenvalue weighted by atomic mass is 9.92. The molecule has 0 spiro atoms.